The number of aromatic nitrogens is 1. The molecule has 3 rings (SSSR count). The number of amides is 3. The maximum atomic E-state index is 12.3. The molecule has 1 aromatic heterocycles. The molecule has 3 amide bonds. The first-order valence-corrected chi connectivity index (χ1v) is 8.21. The van der Waals surface area contributed by atoms with Crippen molar-refractivity contribution >= 4 is 29.2 Å². The van der Waals surface area contributed by atoms with Gasteiger partial charge in [-0.05, 0) is 30.3 Å². The normalized spacial score (nSPS) is 14.5. The van der Waals surface area contributed by atoms with E-state index in [2.05, 4.69) is 10.3 Å². The van der Waals surface area contributed by atoms with E-state index in [0.717, 1.165) is 5.69 Å². The SMILES string of the molecule is O=C(Cc1ccc[nH]1)N1CCN(C(=O)Nc2cccc(Cl)c2)CC1. The van der Waals surface area contributed by atoms with Gasteiger partial charge in [0.1, 0.15) is 0 Å². The quantitative estimate of drug-likeness (QED) is 0.897. The molecule has 1 aromatic carbocycles. The van der Waals surface area contributed by atoms with Crippen LogP contribution in [0.2, 0.25) is 5.02 Å². The molecule has 2 N–H and O–H groups in total. The molecule has 0 spiro atoms. The predicted molar refractivity (Wildman–Crippen MR) is 93.1 cm³/mol. The van der Waals surface area contributed by atoms with Gasteiger partial charge in [0.15, 0.2) is 0 Å². The molecule has 0 atom stereocenters. The Bertz CT molecular complexity index is 709. The number of carbonyl (C=O) groups is 2. The molecule has 0 radical (unpaired) electrons. The van der Waals surface area contributed by atoms with Crippen molar-refractivity contribution in [2.75, 3.05) is 31.5 Å². The summed E-state index contributed by atoms with van der Waals surface area (Å²) in [6.07, 6.45) is 2.17. The van der Waals surface area contributed by atoms with Gasteiger partial charge in [0.05, 0.1) is 6.42 Å². The lowest BCUT2D eigenvalue weighted by Gasteiger charge is -2.34. The number of urea groups is 1. The summed E-state index contributed by atoms with van der Waals surface area (Å²) in [4.78, 5) is 31.1. The predicted octanol–water partition coefficient (Wildman–Crippen LogP) is 2.59. The lowest BCUT2D eigenvalue weighted by atomic mass is 10.2. The Morgan fingerprint density at radius 1 is 1.08 bits per heavy atom. The minimum absolute atomic E-state index is 0.0762. The summed E-state index contributed by atoms with van der Waals surface area (Å²) >= 11 is 5.91. The molecule has 1 aliphatic rings. The third-order valence-electron chi connectivity index (χ3n) is 4.00. The van der Waals surface area contributed by atoms with E-state index in [1.807, 2.05) is 12.1 Å². The van der Waals surface area contributed by atoms with Gasteiger partial charge in [0.25, 0.3) is 0 Å². The number of nitrogens with one attached hydrogen (secondary N) is 2. The molecule has 126 valence electrons. The molecular formula is C17H19ClN4O2. The molecule has 2 aromatic rings. The van der Waals surface area contributed by atoms with Crippen molar-refractivity contribution in [1.82, 2.24) is 14.8 Å². The van der Waals surface area contributed by atoms with Gasteiger partial charge in [-0.25, -0.2) is 4.79 Å². The topological polar surface area (TPSA) is 68.4 Å². The summed E-state index contributed by atoms with van der Waals surface area (Å²) in [5.41, 5.74) is 1.57. The van der Waals surface area contributed by atoms with Gasteiger partial charge in [0, 0.05) is 48.8 Å². The number of anilines is 1. The van der Waals surface area contributed by atoms with Gasteiger partial charge < -0.3 is 20.1 Å². The van der Waals surface area contributed by atoms with Crippen LogP contribution >= 0.6 is 11.6 Å². The van der Waals surface area contributed by atoms with E-state index < -0.39 is 0 Å². The number of piperazine rings is 1. The van der Waals surface area contributed by atoms with Crippen molar-refractivity contribution < 1.29 is 9.59 Å². The van der Waals surface area contributed by atoms with Gasteiger partial charge in [-0.1, -0.05) is 17.7 Å². The Labute approximate surface area is 145 Å². The van der Waals surface area contributed by atoms with Gasteiger partial charge in [-0.3, -0.25) is 4.79 Å². The van der Waals surface area contributed by atoms with Crippen LogP contribution in [0.3, 0.4) is 0 Å². The van der Waals surface area contributed by atoms with Crippen LogP contribution in [0.25, 0.3) is 0 Å². The van der Waals surface area contributed by atoms with E-state index in [-0.39, 0.29) is 11.9 Å². The van der Waals surface area contributed by atoms with Crippen LogP contribution in [0, 0.1) is 0 Å². The van der Waals surface area contributed by atoms with Gasteiger partial charge >= 0.3 is 6.03 Å². The standard InChI is InChI=1S/C17H19ClN4O2/c18-13-3-1-4-15(11-13)20-17(24)22-9-7-21(8-10-22)16(23)12-14-5-2-6-19-14/h1-6,11,19H,7-10,12H2,(H,20,24). The fourth-order valence-electron chi connectivity index (χ4n) is 2.68. The summed E-state index contributed by atoms with van der Waals surface area (Å²) in [6.45, 7) is 2.12. The number of H-pyrrole nitrogens is 1. The van der Waals surface area contributed by atoms with Crippen LogP contribution in [0.5, 0.6) is 0 Å². The van der Waals surface area contributed by atoms with Crippen LogP contribution in [0.15, 0.2) is 42.6 Å². The molecule has 1 saturated heterocycles. The first-order chi connectivity index (χ1) is 11.6. The van der Waals surface area contributed by atoms with Crippen molar-refractivity contribution in [3.05, 3.63) is 53.3 Å². The molecule has 0 saturated carbocycles. The number of halogens is 1. The highest BCUT2D eigenvalue weighted by molar-refractivity contribution is 6.30. The summed E-state index contributed by atoms with van der Waals surface area (Å²) < 4.78 is 0. The van der Waals surface area contributed by atoms with E-state index in [1.165, 1.54) is 0 Å². The number of aromatic amines is 1. The number of benzene rings is 1. The summed E-state index contributed by atoms with van der Waals surface area (Å²) in [5.74, 6) is 0.0762. The van der Waals surface area contributed by atoms with E-state index >= 15 is 0 Å². The largest absolute Gasteiger partial charge is 0.365 e. The summed E-state index contributed by atoms with van der Waals surface area (Å²) in [7, 11) is 0. The summed E-state index contributed by atoms with van der Waals surface area (Å²) in [5, 5.41) is 3.40. The van der Waals surface area contributed by atoms with Gasteiger partial charge in [-0.15, -0.1) is 0 Å². The molecule has 0 unspecified atom stereocenters. The highest BCUT2D eigenvalue weighted by Crippen LogP contribution is 2.16. The molecule has 1 fully saturated rings. The fourth-order valence-corrected chi connectivity index (χ4v) is 2.87. The highest BCUT2D eigenvalue weighted by atomic mass is 35.5. The fraction of sp³-hybridized carbons (Fsp3) is 0.294. The second-order valence-corrected chi connectivity index (χ2v) is 6.12. The smallest absolute Gasteiger partial charge is 0.321 e. The third-order valence-corrected chi connectivity index (χ3v) is 4.23. The van der Waals surface area contributed by atoms with Crippen molar-refractivity contribution in [2.24, 2.45) is 0 Å². The Morgan fingerprint density at radius 2 is 1.83 bits per heavy atom. The molecule has 24 heavy (non-hydrogen) atoms. The second-order valence-electron chi connectivity index (χ2n) is 5.68. The van der Waals surface area contributed by atoms with Crippen LogP contribution in [-0.2, 0) is 11.2 Å². The van der Waals surface area contributed by atoms with Crippen molar-refractivity contribution in [2.45, 2.75) is 6.42 Å². The highest BCUT2D eigenvalue weighted by Gasteiger charge is 2.24. The van der Waals surface area contributed by atoms with Crippen LogP contribution in [-0.4, -0.2) is 52.9 Å². The van der Waals surface area contributed by atoms with Gasteiger partial charge in [-0.2, -0.15) is 0 Å². The zero-order valence-electron chi connectivity index (χ0n) is 13.2. The Kier molecular flexibility index (Phi) is 5.05. The van der Waals surface area contributed by atoms with Crippen molar-refractivity contribution in [3.63, 3.8) is 0 Å². The van der Waals surface area contributed by atoms with E-state index in [9.17, 15) is 9.59 Å². The Balaban J connectivity index is 1.49. The molecule has 0 bridgehead atoms. The molecule has 6 nitrogen and oxygen atoms in total. The maximum Gasteiger partial charge on any atom is 0.321 e. The number of nitrogens with zero attached hydrogens (tertiary/aromatic N) is 2. The zero-order chi connectivity index (χ0) is 16.9. The zero-order valence-corrected chi connectivity index (χ0v) is 13.9. The van der Waals surface area contributed by atoms with E-state index in [0.29, 0.717) is 43.3 Å². The molecule has 2 heterocycles. The maximum absolute atomic E-state index is 12.3. The molecule has 0 aliphatic carbocycles. The number of hydrogen-bond acceptors (Lipinski definition) is 2. The Morgan fingerprint density at radius 3 is 2.50 bits per heavy atom. The van der Waals surface area contributed by atoms with E-state index in [1.54, 1.807) is 40.3 Å². The lowest BCUT2D eigenvalue weighted by Crippen LogP contribution is -2.52. The minimum Gasteiger partial charge on any atom is -0.365 e. The third kappa shape index (κ3) is 4.08. The average Bonchev–Trinajstić information content (AvgIpc) is 3.08. The minimum atomic E-state index is -0.172. The number of hydrogen-bond donors (Lipinski definition) is 2. The Hall–Kier alpha value is -2.47. The molecule has 1 aliphatic heterocycles. The monoisotopic (exact) mass is 346 g/mol. The first kappa shape index (κ1) is 16.4. The van der Waals surface area contributed by atoms with Gasteiger partial charge in [0.2, 0.25) is 5.91 Å². The van der Waals surface area contributed by atoms with Crippen molar-refractivity contribution in [1.29, 1.82) is 0 Å². The van der Waals surface area contributed by atoms with Crippen molar-refractivity contribution in [3.8, 4) is 0 Å². The average molecular weight is 347 g/mol. The van der Waals surface area contributed by atoms with Crippen LogP contribution in [0.4, 0.5) is 10.5 Å². The molecule has 7 heteroatoms. The molecular weight excluding hydrogens is 328 g/mol. The number of rotatable bonds is 3. The lowest BCUT2D eigenvalue weighted by molar-refractivity contribution is -0.131. The first-order valence-electron chi connectivity index (χ1n) is 7.83. The van der Waals surface area contributed by atoms with E-state index in [4.69, 9.17) is 11.6 Å². The van der Waals surface area contributed by atoms with Crippen LogP contribution in [0.1, 0.15) is 5.69 Å². The second kappa shape index (κ2) is 7.40. The summed E-state index contributed by atoms with van der Waals surface area (Å²) in [6, 6.07) is 10.6. The van der Waals surface area contributed by atoms with Crippen LogP contribution < -0.4 is 5.32 Å². The number of carbonyl (C=O) groups excluding carboxylic acids is 2.